The summed E-state index contributed by atoms with van der Waals surface area (Å²) in [5.74, 6) is -1.49. The van der Waals surface area contributed by atoms with Crippen LogP contribution >= 0.6 is 11.6 Å². The van der Waals surface area contributed by atoms with Crippen LogP contribution in [0.4, 0.5) is 0 Å². The van der Waals surface area contributed by atoms with E-state index in [0.29, 0.717) is 30.7 Å². The second-order valence-electron chi connectivity index (χ2n) is 7.25. The van der Waals surface area contributed by atoms with Crippen molar-refractivity contribution in [1.29, 1.82) is 0 Å². The molecule has 0 amide bonds. The van der Waals surface area contributed by atoms with E-state index in [-0.39, 0.29) is 17.8 Å². The Labute approximate surface area is 156 Å². The number of esters is 2. The fourth-order valence-corrected chi connectivity index (χ4v) is 5.00. The summed E-state index contributed by atoms with van der Waals surface area (Å²) in [5.41, 5.74) is 0.105. The van der Waals surface area contributed by atoms with Gasteiger partial charge in [-0.2, -0.15) is 0 Å². The quantitative estimate of drug-likeness (QED) is 0.796. The summed E-state index contributed by atoms with van der Waals surface area (Å²) < 4.78 is 10.7. The molecule has 0 unspecified atom stereocenters. The van der Waals surface area contributed by atoms with Gasteiger partial charge in [0.25, 0.3) is 0 Å². The Morgan fingerprint density at radius 3 is 2.54 bits per heavy atom. The fraction of sp³-hybridized carbons (Fsp3) is 0.526. The van der Waals surface area contributed by atoms with Gasteiger partial charge >= 0.3 is 11.9 Å². The maximum atomic E-state index is 12.8. The first-order valence-corrected chi connectivity index (χ1v) is 9.17. The summed E-state index contributed by atoms with van der Waals surface area (Å²) in [6.07, 6.45) is 1.65. The molecule has 5 atom stereocenters. The molecule has 0 radical (unpaired) electrons. The van der Waals surface area contributed by atoms with Crippen molar-refractivity contribution in [3.05, 3.63) is 34.9 Å². The Kier molecular flexibility index (Phi) is 4.28. The van der Waals surface area contributed by atoms with Gasteiger partial charge in [0.05, 0.1) is 7.11 Å². The van der Waals surface area contributed by atoms with Crippen molar-refractivity contribution in [3.8, 4) is 0 Å². The van der Waals surface area contributed by atoms with Gasteiger partial charge in [0, 0.05) is 35.7 Å². The van der Waals surface area contributed by atoms with Crippen LogP contribution in [0.1, 0.15) is 37.3 Å². The molecule has 2 saturated heterocycles. The van der Waals surface area contributed by atoms with Crippen molar-refractivity contribution >= 4 is 29.3 Å². The minimum absolute atomic E-state index is 0.0856. The van der Waals surface area contributed by atoms with Gasteiger partial charge in [0.1, 0.15) is 17.4 Å². The Hall–Kier alpha value is -1.92. The zero-order valence-electron chi connectivity index (χ0n) is 14.4. The monoisotopic (exact) mass is 377 g/mol. The average Bonchev–Trinajstić information content (AvgIpc) is 3.21. The van der Waals surface area contributed by atoms with Crippen molar-refractivity contribution < 1.29 is 23.9 Å². The van der Waals surface area contributed by atoms with Gasteiger partial charge < -0.3 is 9.47 Å². The van der Waals surface area contributed by atoms with Crippen LogP contribution in [0, 0.1) is 11.8 Å². The topological polar surface area (TPSA) is 81.7 Å². The smallest absolute Gasteiger partial charge is 0.323 e. The minimum Gasteiger partial charge on any atom is -0.468 e. The van der Waals surface area contributed by atoms with Crippen molar-refractivity contribution in [1.82, 2.24) is 5.32 Å². The lowest BCUT2D eigenvalue weighted by Crippen LogP contribution is -2.53. The Bertz CT molecular complexity index is 764. The van der Waals surface area contributed by atoms with E-state index in [1.165, 1.54) is 7.11 Å². The van der Waals surface area contributed by atoms with Crippen LogP contribution in [-0.2, 0) is 23.9 Å². The van der Waals surface area contributed by atoms with Gasteiger partial charge in [-0.1, -0.05) is 23.7 Å². The molecule has 7 heteroatoms. The van der Waals surface area contributed by atoms with Crippen LogP contribution in [0.2, 0.25) is 5.02 Å². The summed E-state index contributed by atoms with van der Waals surface area (Å²) in [6.45, 7) is 0. The molecule has 138 valence electrons. The summed E-state index contributed by atoms with van der Waals surface area (Å²) in [7, 11) is 1.33. The molecule has 4 rings (SSSR count). The molecule has 1 saturated carbocycles. The van der Waals surface area contributed by atoms with Crippen molar-refractivity contribution in [2.24, 2.45) is 11.8 Å². The van der Waals surface area contributed by atoms with Crippen LogP contribution in [0.3, 0.4) is 0 Å². The zero-order chi connectivity index (χ0) is 18.5. The number of rotatable bonds is 2. The molecule has 2 heterocycles. The highest BCUT2D eigenvalue weighted by molar-refractivity contribution is 6.30. The number of carbonyl (C=O) groups excluding carboxylic acids is 3. The van der Waals surface area contributed by atoms with Gasteiger partial charge in [-0.05, 0) is 30.5 Å². The fourth-order valence-electron chi connectivity index (χ4n) is 4.87. The maximum Gasteiger partial charge on any atom is 0.323 e. The predicted octanol–water partition coefficient (Wildman–Crippen LogP) is 2.20. The van der Waals surface area contributed by atoms with Crippen LogP contribution in [0.25, 0.3) is 0 Å². The predicted molar refractivity (Wildman–Crippen MR) is 92.4 cm³/mol. The van der Waals surface area contributed by atoms with Gasteiger partial charge in [-0.25, -0.2) is 0 Å². The van der Waals surface area contributed by atoms with Crippen molar-refractivity contribution in [2.75, 3.05) is 7.11 Å². The number of halogens is 1. The highest BCUT2D eigenvalue weighted by Gasteiger charge is 2.64. The number of carbonyl (C=O) groups is 3. The Morgan fingerprint density at radius 1 is 1.23 bits per heavy atom. The third-order valence-corrected chi connectivity index (χ3v) is 6.24. The average molecular weight is 378 g/mol. The first-order valence-electron chi connectivity index (χ1n) is 8.79. The third-order valence-electron chi connectivity index (χ3n) is 5.99. The van der Waals surface area contributed by atoms with Gasteiger partial charge in [-0.3, -0.25) is 19.7 Å². The van der Waals surface area contributed by atoms with E-state index >= 15 is 0 Å². The Morgan fingerprint density at radius 2 is 1.92 bits per heavy atom. The number of benzene rings is 1. The van der Waals surface area contributed by atoms with E-state index in [4.69, 9.17) is 21.1 Å². The van der Waals surface area contributed by atoms with E-state index in [0.717, 1.165) is 5.56 Å². The molecule has 0 aromatic heterocycles. The van der Waals surface area contributed by atoms with Crippen molar-refractivity contribution in [3.63, 3.8) is 0 Å². The summed E-state index contributed by atoms with van der Waals surface area (Å²) in [4.78, 5) is 37.2. The van der Waals surface area contributed by atoms with Crippen LogP contribution < -0.4 is 5.32 Å². The standard InChI is InChI=1S/C19H20ClNO5/c1-25-18(24)17-15-14(16(21-17)10-2-4-11(20)5-3-10)12(22)6-8-19(15)9-7-13(23)26-19/h2-5,14-17,21H,6-9H2,1H3/t14-,15+,16-,17-,19-/m1/s1. The molecule has 1 spiro atoms. The summed E-state index contributed by atoms with van der Waals surface area (Å²) in [5, 5.41) is 3.89. The maximum absolute atomic E-state index is 12.8. The summed E-state index contributed by atoms with van der Waals surface area (Å²) >= 11 is 5.98. The second kappa shape index (κ2) is 6.35. The number of hydrogen-bond donors (Lipinski definition) is 1. The molecule has 1 aliphatic carbocycles. The molecule has 3 fully saturated rings. The van der Waals surface area contributed by atoms with Gasteiger partial charge in [0.2, 0.25) is 0 Å². The first-order chi connectivity index (χ1) is 12.4. The molecule has 0 bridgehead atoms. The van der Waals surface area contributed by atoms with E-state index < -0.39 is 29.4 Å². The van der Waals surface area contributed by atoms with Crippen molar-refractivity contribution in [2.45, 2.75) is 43.4 Å². The molecule has 2 aliphatic heterocycles. The number of nitrogens with one attached hydrogen (secondary N) is 1. The lowest BCUT2D eigenvalue weighted by atomic mass is 9.64. The van der Waals surface area contributed by atoms with Gasteiger partial charge in [0.15, 0.2) is 0 Å². The van der Waals surface area contributed by atoms with E-state index in [1.54, 1.807) is 12.1 Å². The molecule has 6 nitrogen and oxygen atoms in total. The second-order valence-corrected chi connectivity index (χ2v) is 7.69. The molecule has 3 aliphatic rings. The molecule has 1 aromatic carbocycles. The molecule has 1 N–H and O–H groups in total. The minimum atomic E-state index is -0.775. The highest BCUT2D eigenvalue weighted by atomic mass is 35.5. The molecule has 1 aromatic rings. The van der Waals surface area contributed by atoms with Crippen LogP contribution in [0.5, 0.6) is 0 Å². The number of hydrogen-bond acceptors (Lipinski definition) is 6. The number of fused-ring (bicyclic) bond motifs is 2. The highest BCUT2D eigenvalue weighted by Crippen LogP contribution is 2.53. The molecular weight excluding hydrogens is 358 g/mol. The first kappa shape index (κ1) is 17.5. The lowest BCUT2D eigenvalue weighted by molar-refractivity contribution is -0.167. The van der Waals surface area contributed by atoms with E-state index in [1.807, 2.05) is 12.1 Å². The van der Waals surface area contributed by atoms with E-state index in [9.17, 15) is 14.4 Å². The normalized spacial score (nSPS) is 36.1. The largest absolute Gasteiger partial charge is 0.468 e. The van der Waals surface area contributed by atoms with Crippen LogP contribution in [-0.4, -0.2) is 36.5 Å². The Balaban J connectivity index is 1.77. The van der Waals surface area contributed by atoms with Crippen LogP contribution in [0.15, 0.2) is 24.3 Å². The molecular formula is C19H20ClNO5. The molecule has 26 heavy (non-hydrogen) atoms. The third kappa shape index (κ3) is 2.63. The number of ketones is 1. The number of ether oxygens (including phenoxy) is 2. The van der Waals surface area contributed by atoms with Gasteiger partial charge in [-0.15, -0.1) is 0 Å². The number of Topliss-reactive ketones (excluding diaryl/α,β-unsaturated/α-hetero) is 1. The SMILES string of the molecule is COC(=O)[C@@H]1N[C@H](c2ccc(Cl)cc2)[C@@H]2C(=O)CC[C@@]3(CCC(=O)O3)[C@@H]21. The zero-order valence-corrected chi connectivity index (χ0v) is 15.1. The number of methoxy groups -OCH3 is 1. The lowest BCUT2D eigenvalue weighted by Gasteiger charge is -2.42. The summed E-state index contributed by atoms with van der Waals surface area (Å²) in [6, 6.07) is 6.19. The van der Waals surface area contributed by atoms with E-state index in [2.05, 4.69) is 5.32 Å².